The number of aromatic nitrogens is 2. The molecule has 0 unspecified atom stereocenters. The Bertz CT molecular complexity index is 705. The number of hydrogen-bond acceptors (Lipinski definition) is 4. The predicted octanol–water partition coefficient (Wildman–Crippen LogP) is 1.97. The molecule has 7 heteroatoms. The number of amides is 1. The topological polar surface area (TPSA) is 68.2 Å². The van der Waals surface area contributed by atoms with Crippen LogP contribution in [0.4, 0.5) is 10.1 Å². The summed E-state index contributed by atoms with van der Waals surface area (Å²) in [5.41, 5.74) is 0.337. The molecule has 6 nitrogen and oxygen atoms in total. The third-order valence-electron chi connectivity index (χ3n) is 4.40. The van der Waals surface area contributed by atoms with Crippen LogP contribution in [0.1, 0.15) is 12.8 Å². The van der Waals surface area contributed by atoms with Gasteiger partial charge in [0.25, 0.3) is 0 Å². The molecule has 0 radical (unpaired) electrons. The number of hydrogen-bond donors (Lipinski definition) is 2. The molecule has 1 aromatic carbocycles. The molecule has 2 N–H and O–H groups in total. The Hall–Kier alpha value is -2.25. The van der Waals surface area contributed by atoms with Crippen molar-refractivity contribution >= 4 is 11.6 Å². The van der Waals surface area contributed by atoms with Gasteiger partial charge in [0.2, 0.25) is 5.91 Å². The first kappa shape index (κ1) is 16.6. The van der Waals surface area contributed by atoms with Crippen LogP contribution in [0.3, 0.4) is 0 Å². The van der Waals surface area contributed by atoms with Gasteiger partial charge in [-0.15, -0.1) is 0 Å². The molecule has 3 rings (SSSR count). The lowest BCUT2D eigenvalue weighted by Gasteiger charge is -2.35. The van der Waals surface area contributed by atoms with Crippen molar-refractivity contribution in [3.8, 4) is 5.69 Å². The summed E-state index contributed by atoms with van der Waals surface area (Å²) in [5, 5.41) is 10.3. The van der Waals surface area contributed by atoms with Gasteiger partial charge < -0.3 is 15.4 Å². The number of nitrogens with zero attached hydrogens (tertiary/aromatic N) is 2. The van der Waals surface area contributed by atoms with Crippen LogP contribution in [0.2, 0.25) is 0 Å². The Morgan fingerprint density at radius 2 is 2.17 bits per heavy atom. The van der Waals surface area contributed by atoms with Gasteiger partial charge in [0.05, 0.1) is 30.1 Å². The van der Waals surface area contributed by atoms with Crippen LogP contribution in [-0.4, -0.2) is 42.5 Å². The average molecular weight is 332 g/mol. The molecule has 1 fully saturated rings. The van der Waals surface area contributed by atoms with Crippen molar-refractivity contribution in [1.82, 2.24) is 15.1 Å². The normalized spacial score (nSPS) is 16.8. The number of benzene rings is 1. The molecule has 1 aromatic heterocycles. The number of rotatable bonds is 5. The van der Waals surface area contributed by atoms with Crippen molar-refractivity contribution in [3.05, 3.63) is 42.5 Å². The first-order chi connectivity index (χ1) is 11.6. The monoisotopic (exact) mass is 332 g/mol. The number of methoxy groups -OCH3 is 1. The lowest BCUT2D eigenvalue weighted by molar-refractivity contribution is -0.130. The van der Waals surface area contributed by atoms with Gasteiger partial charge in [-0.1, -0.05) is 12.1 Å². The van der Waals surface area contributed by atoms with Crippen molar-refractivity contribution in [1.29, 1.82) is 0 Å². The Morgan fingerprint density at radius 1 is 1.42 bits per heavy atom. The van der Waals surface area contributed by atoms with E-state index in [0.29, 0.717) is 30.8 Å². The second kappa shape index (κ2) is 7.11. The summed E-state index contributed by atoms with van der Waals surface area (Å²) >= 11 is 0. The predicted molar refractivity (Wildman–Crippen MR) is 88.6 cm³/mol. The Balaban J connectivity index is 1.76. The smallest absolute Gasteiger partial charge is 0.233 e. The Kier molecular flexibility index (Phi) is 4.92. The zero-order chi connectivity index (χ0) is 17.0. The fourth-order valence-corrected chi connectivity index (χ4v) is 3.04. The molecule has 1 aliphatic heterocycles. The van der Waals surface area contributed by atoms with E-state index >= 15 is 0 Å². The summed E-state index contributed by atoms with van der Waals surface area (Å²) in [5.74, 6) is -0.452. The van der Waals surface area contributed by atoms with E-state index in [-0.39, 0.29) is 11.7 Å². The lowest BCUT2D eigenvalue weighted by atomic mass is 9.78. The number of para-hydroxylation sites is 1. The molecule has 0 aliphatic carbocycles. The maximum Gasteiger partial charge on any atom is 0.233 e. The van der Waals surface area contributed by atoms with E-state index in [4.69, 9.17) is 4.74 Å². The van der Waals surface area contributed by atoms with Gasteiger partial charge in [0.1, 0.15) is 11.5 Å². The van der Waals surface area contributed by atoms with E-state index < -0.39 is 5.41 Å². The van der Waals surface area contributed by atoms with Gasteiger partial charge in [0, 0.05) is 7.11 Å². The molecule has 2 heterocycles. The third-order valence-corrected chi connectivity index (χ3v) is 4.40. The zero-order valence-electron chi connectivity index (χ0n) is 13.6. The minimum Gasteiger partial charge on any atom is -0.384 e. The van der Waals surface area contributed by atoms with Crippen molar-refractivity contribution in [2.75, 3.05) is 32.1 Å². The summed E-state index contributed by atoms with van der Waals surface area (Å²) in [7, 11) is 1.60. The summed E-state index contributed by atoms with van der Waals surface area (Å²) in [6.45, 7) is 1.94. The Morgan fingerprint density at radius 3 is 2.88 bits per heavy atom. The zero-order valence-corrected chi connectivity index (χ0v) is 13.6. The molecule has 0 saturated carbocycles. The quantitative estimate of drug-likeness (QED) is 0.878. The first-order valence-electron chi connectivity index (χ1n) is 7.95. The number of ether oxygens (including phenoxy) is 1. The van der Waals surface area contributed by atoms with Crippen molar-refractivity contribution in [3.63, 3.8) is 0 Å². The lowest BCUT2D eigenvalue weighted by Crippen LogP contribution is -2.47. The second-order valence-corrected chi connectivity index (χ2v) is 6.04. The highest BCUT2D eigenvalue weighted by atomic mass is 19.1. The SMILES string of the molecule is COCC1(C(=O)Nc2cnn(-c3ccccc3F)c2)CCNCC1. The second-order valence-electron chi connectivity index (χ2n) is 6.04. The fraction of sp³-hybridized carbons (Fsp3) is 0.412. The van der Waals surface area contributed by atoms with Gasteiger partial charge in [-0.2, -0.15) is 5.10 Å². The standard InChI is InChI=1S/C17H21FN4O2/c1-24-12-17(6-8-19-9-7-17)16(23)21-13-10-20-22(11-13)15-5-3-2-4-14(15)18/h2-5,10-11,19H,6-9,12H2,1H3,(H,21,23). The van der Waals surface area contributed by atoms with E-state index in [9.17, 15) is 9.18 Å². The highest BCUT2D eigenvalue weighted by Crippen LogP contribution is 2.31. The molecular weight excluding hydrogens is 311 g/mol. The number of carbonyl (C=O) groups is 1. The molecule has 24 heavy (non-hydrogen) atoms. The number of piperidine rings is 1. The Labute approximate surface area is 140 Å². The number of halogens is 1. The maximum absolute atomic E-state index is 13.8. The molecule has 128 valence electrons. The minimum absolute atomic E-state index is 0.0843. The van der Waals surface area contributed by atoms with E-state index in [1.54, 1.807) is 31.5 Å². The number of carbonyl (C=O) groups excluding carboxylic acids is 1. The van der Waals surface area contributed by atoms with Crippen molar-refractivity contribution in [2.24, 2.45) is 5.41 Å². The van der Waals surface area contributed by atoms with E-state index in [2.05, 4.69) is 15.7 Å². The van der Waals surface area contributed by atoms with Gasteiger partial charge in [-0.3, -0.25) is 4.79 Å². The van der Waals surface area contributed by atoms with Crippen LogP contribution in [-0.2, 0) is 9.53 Å². The van der Waals surface area contributed by atoms with Crippen molar-refractivity contribution < 1.29 is 13.9 Å². The summed E-state index contributed by atoms with van der Waals surface area (Å²) in [4.78, 5) is 12.8. The van der Waals surface area contributed by atoms with E-state index in [1.807, 2.05) is 0 Å². The highest BCUT2D eigenvalue weighted by Gasteiger charge is 2.39. The molecule has 0 atom stereocenters. The van der Waals surface area contributed by atoms with Crippen LogP contribution in [0, 0.1) is 11.2 Å². The number of nitrogens with one attached hydrogen (secondary N) is 2. The molecule has 1 amide bonds. The van der Waals surface area contributed by atoms with Crippen LogP contribution < -0.4 is 10.6 Å². The van der Waals surface area contributed by atoms with E-state index in [0.717, 1.165) is 13.1 Å². The van der Waals surface area contributed by atoms with Crippen LogP contribution >= 0.6 is 0 Å². The summed E-state index contributed by atoms with van der Waals surface area (Å²) in [6.07, 6.45) is 4.56. The van der Waals surface area contributed by atoms with E-state index in [1.165, 1.54) is 16.9 Å². The van der Waals surface area contributed by atoms with Crippen LogP contribution in [0.25, 0.3) is 5.69 Å². The molecular formula is C17H21FN4O2. The first-order valence-corrected chi connectivity index (χ1v) is 7.95. The largest absolute Gasteiger partial charge is 0.384 e. The maximum atomic E-state index is 13.8. The van der Waals surface area contributed by atoms with Gasteiger partial charge in [-0.25, -0.2) is 9.07 Å². The minimum atomic E-state index is -0.542. The third kappa shape index (κ3) is 3.32. The van der Waals surface area contributed by atoms with Crippen LogP contribution in [0.15, 0.2) is 36.7 Å². The molecule has 0 bridgehead atoms. The molecule has 2 aromatic rings. The van der Waals surface area contributed by atoms with Gasteiger partial charge in [0.15, 0.2) is 0 Å². The average Bonchev–Trinajstić information content (AvgIpc) is 3.04. The number of anilines is 1. The van der Waals surface area contributed by atoms with Gasteiger partial charge >= 0.3 is 0 Å². The summed E-state index contributed by atoms with van der Waals surface area (Å²) < 4.78 is 20.5. The molecule has 1 aliphatic rings. The fourth-order valence-electron chi connectivity index (χ4n) is 3.04. The molecule has 1 saturated heterocycles. The highest BCUT2D eigenvalue weighted by molar-refractivity contribution is 5.95. The molecule has 0 spiro atoms. The van der Waals surface area contributed by atoms with Crippen LogP contribution in [0.5, 0.6) is 0 Å². The summed E-state index contributed by atoms with van der Waals surface area (Å²) in [6, 6.07) is 6.36. The van der Waals surface area contributed by atoms with Crippen molar-refractivity contribution in [2.45, 2.75) is 12.8 Å². The van der Waals surface area contributed by atoms with Gasteiger partial charge in [-0.05, 0) is 38.1 Å².